The molecule has 2 atom stereocenters. The molecule has 1 aromatic heterocycles. The Labute approximate surface area is 99.1 Å². The first-order chi connectivity index (χ1) is 7.99. The fourth-order valence-electron chi connectivity index (χ4n) is 2.08. The molecule has 0 aromatic carbocycles. The normalized spacial score (nSPS) is 24.9. The summed E-state index contributed by atoms with van der Waals surface area (Å²) in [5.74, 6) is -1.29. The first kappa shape index (κ1) is 12.1. The summed E-state index contributed by atoms with van der Waals surface area (Å²) in [6.45, 7) is 0. The zero-order chi connectivity index (χ0) is 12.5. The summed E-state index contributed by atoms with van der Waals surface area (Å²) in [5.41, 5.74) is 0. The van der Waals surface area contributed by atoms with Crippen LogP contribution in [0.2, 0.25) is 0 Å². The highest BCUT2D eigenvalue weighted by Crippen LogP contribution is 2.26. The number of aliphatic carboxylic acids is 1. The number of rotatable bonds is 4. The number of hydrogen-bond acceptors (Lipinski definition) is 3. The van der Waals surface area contributed by atoms with Crippen molar-refractivity contribution in [3.63, 3.8) is 0 Å². The van der Waals surface area contributed by atoms with Crippen LogP contribution in [0.4, 0.5) is 0 Å². The van der Waals surface area contributed by atoms with Gasteiger partial charge in [0.15, 0.2) is 0 Å². The maximum Gasteiger partial charge on any atom is 0.306 e. The number of sulfonamides is 1. The standard InChI is InChI=1S/C10H14N2O4S/c13-10(14)7-1-2-8(5-7)12-17(15,16)9-3-4-11-6-9/h3-4,6-8,11-12H,1-2,5H2,(H,13,14)/t7-,8+/m1/s1. The Bertz CT molecular complexity index is 494. The summed E-state index contributed by atoms with van der Waals surface area (Å²) >= 11 is 0. The Morgan fingerprint density at radius 3 is 2.76 bits per heavy atom. The molecule has 0 amide bonds. The van der Waals surface area contributed by atoms with Crippen LogP contribution < -0.4 is 4.72 Å². The molecule has 1 saturated carbocycles. The molecule has 1 aliphatic carbocycles. The molecular formula is C10H14N2O4S. The van der Waals surface area contributed by atoms with Crippen LogP contribution in [-0.2, 0) is 14.8 Å². The molecule has 2 rings (SSSR count). The minimum Gasteiger partial charge on any atom is -0.481 e. The Kier molecular flexibility index (Phi) is 3.21. The van der Waals surface area contributed by atoms with E-state index in [1.54, 1.807) is 0 Å². The van der Waals surface area contributed by atoms with E-state index in [1.807, 2.05) is 0 Å². The quantitative estimate of drug-likeness (QED) is 0.734. The molecule has 0 aliphatic heterocycles. The lowest BCUT2D eigenvalue weighted by Gasteiger charge is -2.11. The number of aromatic nitrogens is 1. The number of carboxylic acids is 1. The van der Waals surface area contributed by atoms with Gasteiger partial charge in [0, 0.05) is 18.4 Å². The van der Waals surface area contributed by atoms with Gasteiger partial charge in [-0.3, -0.25) is 4.79 Å². The van der Waals surface area contributed by atoms with Gasteiger partial charge in [-0.2, -0.15) is 0 Å². The van der Waals surface area contributed by atoms with E-state index in [0.717, 1.165) is 0 Å². The Balaban J connectivity index is 2.01. The molecule has 1 aromatic rings. The molecule has 0 unspecified atom stereocenters. The molecule has 0 spiro atoms. The molecule has 1 aliphatic rings. The van der Waals surface area contributed by atoms with Gasteiger partial charge in [-0.15, -0.1) is 0 Å². The summed E-state index contributed by atoms with van der Waals surface area (Å²) in [4.78, 5) is 13.6. The van der Waals surface area contributed by atoms with Crippen molar-refractivity contribution in [1.82, 2.24) is 9.71 Å². The highest BCUT2D eigenvalue weighted by molar-refractivity contribution is 7.89. The molecule has 17 heavy (non-hydrogen) atoms. The predicted octanol–water partition coefficient (Wildman–Crippen LogP) is 0.546. The summed E-state index contributed by atoms with van der Waals surface area (Å²) in [5, 5.41) is 8.83. The Morgan fingerprint density at radius 2 is 2.24 bits per heavy atom. The molecule has 0 radical (unpaired) electrons. The number of hydrogen-bond donors (Lipinski definition) is 3. The maximum absolute atomic E-state index is 11.8. The van der Waals surface area contributed by atoms with E-state index >= 15 is 0 Å². The predicted molar refractivity (Wildman–Crippen MR) is 59.9 cm³/mol. The lowest BCUT2D eigenvalue weighted by atomic mass is 10.1. The number of aromatic amines is 1. The lowest BCUT2D eigenvalue weighted by Crippen LogP contribution is -2.33. The molecule has 7 heteroatoms. The van der Waals surface area contributed by atoms with Crippen molar-refractivity contribution in [1.29, 1.82) is 0 Å². The monoisotopic (exact) mass is 258 g/mol. The van der Waals surface area contributed by atoms with Gasteiger partial charge >= 0.3 is 5.97 Å². The van der Waals surface area contributed by atoms with Crippen molar-refractivity contribution in [2.45, 2.75) is 30.2 Å². The first-order valence-corrected chi connectivity index (χ1v) is 6.85. The van der Waals surface area contributed by atoms with Crippen LogP contribution in [0.1, 0.15) is 19.3 Å². The van der Waals surface area contributed by atoms with Gasteiger partial charge in [0.2, 0.25) is 10.0 Å². The van der Waals surface area contributed by atoms with Crippen LogP contribution in [0.3, 0.4) is 0 Å². The average Bonchev–Trinajstić information content (AvgIpc) is 2.85. The van der Waals surface area contributed by atoms with Crippen molar-refractivity contribution in [2.75, 3.05) is 0 Å². The summed E-state index contributed by atoms with van der Waals surface area (Å²) in [6, 6.07) is 1.18. The van der Waals surface area contributed by atoms with E-state index in [2.05, 4.69) is 9.71 Å². The molecule has 1 heterocycles. The molecule has 1 fully saturated rings. The zero-order valence-electron chi connectivity index (χ0n) is 9.09. The third-order valence-electron chi connectivity index (χ3n) is 2.98. The number of nitrogens with one attached hydrogen (secondary N) is 2. The summed E-state index contributed by atoms with van der Waals surface area (Å²) in [6.07, 6.45) is 4.38. The SMILES string of the molecule is O=C(O)[C@@H]1CC[C@H](NS(=O)(=O)c2cc[nH]c2)C1. The zero-order valence-corrected chi connectivity index (χ0v) is 9.90. The van der Waals surface area contributed by atoms with Crippen LogP contribution in [0.25, 0.3) is 0 Å². The van der Waals surface area contributed by atoms with Gasteiger partial charge in [-0.1, -0.05) is 0 Å². The second-order valence-corrected chi connectivity index (χ2v) is 5.93. The highest BCUT2D eigenvalue weighted by atomic mass is 32.2. The first-order valence-electron chi connectivity index (χ1n) is 5.37. The number of H-pyrrole nitrogens is 1. The molecule has 0 saturated heterocycles. The van der Waals surface area contributed by atoms with Crippen LogP contribution >= 0.6 is 0 Å². The summed E-state index contributed by atoms with van der Waals surface area (Å²) in [7, 11) is -3.52. The molecule has 6 nitrogen and oxygen atoms in total. The smallest absolute Gasteiger partial charge is 0.306 e. The Hall–Kier alpha value is -1.34. The average molecular weight is 258 g/mol. The maximum atomic E-state index is 11.8. The van der Waals surface area contributed by atoms with E-state index in [9.17, 15) is 13.2 Å². The van der Waals surface area contributed by atoms with Crippen LogP contribution in [0.15, 0.2) is 23.4 Å². The lowest BCUT2D eigenvalue weighted by molar-refractivity contribution is -0.141. The third-order valence-corrected chi connectivity index (χ3v) is 4.50. The van der Waals surface area contributed by atoms with Crippen molar-refractivity contribution in [3.8, 4) is 0 Å². The topological polar surface area (TPSA) is 99.3 Å². The van der Waals surface area contributed by atoms with E-state index in [0.29, 0.717) is 19.3 Å². The van der Waals surface area contributed by atoms with Crippen LogP contribution in [0.5, 0.6) is 0 Å². The van der Waals surface area contributed by atoms with Gasteiger partial charge in [0.05, 0.1) is 10.8 Å². The molecule has 3 N–H and O–H groups in total. The van der Waals surface area contributed by atoms with E-state index < -0.39 is 21.9 Å². The van der Waals surface area contributed by atoms with E-state index in [4.69, 9.17) is 5.11 Å². The van der Waals surface area contributed by atoms with Gasteiger partial charge in [0.25, 0.3) is 0 Å². The van der Waals surface area contributed by atoms with Crippen molar-refractivity contribution in [2.24, 2.45) is 5.92 Å². The van der Waals surface area contributed by atoms with Gasteiger partial charge in [0.1, 0.15) is 0 Å². The van der Waals surface area contributed by atoms with Gasteiger partial charge in [-0.05, 0) is 25.3 Å². The minimum atomic E-state index is -3.52. The van der Waals surface area contributed by atoms with Crippen molar-refractivity contribution in [3.05, 3.63) is 18.5 Å². The second kappa shape index (κ2) is 4.50. The van der Waals surface area contributed by atoms with Crippen molar-refractivity contribution < 1.29 is 18.3 Å². The van der Waals surface area contributed by atoms with Gasteiger partial charge < -0.3 is 10.1 Å². The van der Waals surface area contributed by atoms with Crippen molar-refractivity contribution >= 4 is 16.0 Å². The fourth-order valence-corrected chi connectivity index (χ4v) is 3.34. The molecule has 94 valence electrons. The van der Waals surface area contributed by atoms with Crippen LogP contribution in [0, 0.1) is 5.92 Å². The molecular weight excluding hydrogens is 244 g/mol. The summed E-state index contributed by atoms with van der Waals surface area (Å²) < 4.78 is 26.2. The number of carboxylic acid groups (broad SMARTS) is 1. The second-order valence-electron chi connectivity index (χ2n) is 4.21. The van der Waals surface area contributed by atoms with Gasteiger partial charge in [-0.25, -0.2) is 13.1 Å². The highest BCUT2D eigenvalue weighted by Gasteiger charge is 2.32. The van der Waals surface area contributed by atoms with E-state index in [-0.39, 0.29) is 10.9 Å². The van der Waals surface area contributed by atoms with Crippen LogP contribution in [-0.4, -0.2) is 30.5 Å². The molecule has 0 bridgehead atoms. The minimum absolute atomic E-state index is 0.177. The third kappa shape index (κ3) is 2.67. The Morgan fingerprint density at radius 1 is 1.47 bits per heavy atom. The fraction of sp³-hybridized carbons (Fsp3) is 0.500. The largest absolute Gasteiger partial charge is 0.481 e. The van der Waals surface area contributed by atoms with E-state index in [1.165, 1.54) is 18.5 Å². The number of carbonyl (C=O) groups is 1.